The van der Waals surface area contributed by atoms with Gasteiger partial charge in [0.15, 0.2) is 0 Å². The molecule has 0 atom stereocenters. The van der Waals surface area contributed by atoms with Gasteiger partial charge in [-0.15, -0.1) is 0 Å². The second kappa shape index (κ2) is 41.3. The van der Waals surface area contributed by atoms with Gasteiger partial charge in [-0.2, -0.15) is 0 Å². The summed E-state index contributed by atoms with van der Waals surface area (Å²) in [6.07, 6.45) is 13.5. The van der Waals surface area contributed by atoms with Crippen molar-refractivity contribution in [2.45, 2.75) is 82.7 Å². The number of pyridine rings is 1. The molecule has 141 heavy (non-hydrogen) atoms. The van der Waals surface area contributed by atoms with E-state index in [4.69, 9.17) is 16.6 Å². The highest BCUT2D eigenvalue weighted by molar-refractivity contribution is 6.30. The first-order chi connectivity index (χ1) is 68.4. The second-order valence-electron chi connectivity index (χ2n) is 36.0. The van der Waals surface area contributed by atoms with Crippen molar-refractivity contribution >= 4 is 137 Å². The summed E-state index contributed by atoms with van der Waals surface area (Å²) < 4.78 is 39.2. The average Bonchev–Trinajstić information content (AvgIpc) is 1.20. The van der Waals surface area contributed by atoms with Crippen LogP contribution in [-0.2, 0) is 0 Å². The van der Waals surface area contributed by atoms with Gasteiger partial charge in [-0.05, 0) is 331 Å². The quantitative estimate of drug-likeness (QED) is 0.0338. The number of H-pyrrole nitrogens is 4. The zero-order valence-corrected chi connectivity index (χ0v) is 76.8. The van der Waals surface area contributed by atoms with E-state index in [2.05, 4.69) is 89.3 Å². The van der Waals surface area contributed by atoms with E-state index >= 15 is 0 Å². The topological polar surface area (TPSA) is 360 Å². The van der Waals surface area contributed by atoms with Crippen LogP contribution in [0.25, 0.3) is 89.7 Å². The van der Waals surface area contributed by atoms with Gasteiger partial charge in [-0.1, -0.05) is 91.3 Å². The van der Waals surface area contributed by atoms with Crippen LogP contribution in [0.1, 0.15) is 154 Å². The fourth-order valence-corrected chi connectivity index (χ4v) is 18.9. The Morgan fingerprint density at radius 2 is 0.603 bits per heavy atom. The number of aromatic nitrogens is 9. The molecule has 5 saturated carbocycles. The van der Waals surface area contributed by atoms with E-state index in [1.54, 1.807) is 146 Å². The SMILES string of the molecule is CC1CCC(NC(=O)c2ccc(-c3nc4ccc(C(=O)Nc5ccc(F)cc5)cc4[nH]3)cc2)CC1.O=C(Nc1ccc(Cl)cc1)c1ccc(-c2nc3ccc(C(=O)Nc4ccc(F)cc4)cc3[nH]2)cc1.O=C(Nc1ccccc1)c1ccc(-c2nc3ccc(C(=O)Nc4ccc(F)cc4)cc3[nH]2)cc1.O=C(Nc1ccccn1)c1ccc(-c2nc3ccc(C(=O)NC45CC6CC(CC(C6)C4)C5)cc3[nH]2)cc1. The van der Waals surface area contributed by atoms with Crippen molar-refractivity contribution in [1.82, 2.24) is 55.5 Å². The first-order valence-electron chi connectivity index (χ1n) is 46.4. The van der Waals surface area contributed by atoms with Crippen LogP contribution in [0.2, 0.25) is 5.02 Å². The van der Waals surface area contributed by atoms with Crippen LogP contribution in [0.4, 0.5) is 47.4 Å². The highest BCUT2D eigenvalue weighted by atomic mass is 35.5. The number of fused-ring (bicyclic) bond motifs is 4. The molecule has 0 unspecified atom stereocenters. The summed E-state index contributed by atoms with van der Waals surface area (Å²) in [7, 11) is 0. The first-order valence-corrected chi connectivity index (χ1v) is 46.7. The number of nitrogens with one attached hydrogen (secondary N) is 12. The van der Waals surface area contributed by atoms with Gasteiger partial charge in [0, 0.05) is 118 Å². The number of para-hydroxylation sites is 1. The van der Waals surface area contributed by atoms with Crippen LogP contribution in [0.3, 0.4) is 0 Å². The Labute approximate surface area is 811 Å². The van der Waals surface area contributed by atoms with E-state index in [0.717, 1.165) is 119 Å². The lowest BCUT2D eigenvalue weighted by atomic mass is 9.53. The lowest BCUT2D eigenvalue weighted by Gasteiger charge is -2.56. The molecule has 5 aliphatic rings. The van der Waals surface area contributed by atoms with Crippen LogP contribution < -0.4 is 42.5 Å². The number of carbonyl (C=O) groups is 8. The zero-order valence-electron chi connectivity index (χ0n) is 76.1. The fraction of sp³-hybridized carbons (Fsp3) is 0.152. The Hall–Kier alpha value is -17.3. The monoisotopic (exact) mass is 1900 g/mol. The van der Waals surface area contributed by atoms with Crippen LogP contribution in [-0.4, -0.2) is 104 Å². The van der Waals surface area contributed by atoms with Crippen LogP contribution >= 0.6 is 11.6 Å². The van der Waals surface area contributed by atoms with Gasteiger partial charge in [0.05, 0.1) is 44.1 Å². The number of anilines is 6. The third kappa shape index (κ3) is 22.7. The van der Waals surface area contributed by atoms with Crippen molar-refractivity contribution in [2.75, 3.05) is 31.9 Å². The van der Waals surface area contributed by atoms with Crippen molar-refractivity contribution < 1.29 is 51.5 Å². The summed E-state index contributed by atoms with van der Waals surface area (Å²) >= 11 is 5.88. The van der Waals surface area contributed by atoms with Crippen molar-refractivity contribution in [2.24, 2.45) is 23.7 Å². The number of hydrogen-bond donors (Lipinski definition) is 12. The minimum atomic E-state index is -0.371. The van der Waals surface area contributed by atoms with Gasteiger partial charge in [0.1, 0.15) is 46.6 Å². The molecular formula is C112H93ClF3N17O8. The van der Waals surface area contributed by atoms with E-state index in [1.165, 1.54) is 92.1 Å². The summed E-state index contributed by atoms with van der Waals surface area (Å²) in [6, 6.07) is 88.5. The molecule has 23 rings (SSSR count). The van der Waals surface area contributed by atoms with E-state index < -0.39 is 0 Å². The smallest absolute Gasteiger partial charge is 0.256 e. The molecule has 0 spiro atoms. The number of carbonyl (C=O) groups excluding carboxylic acids is 8. The Bertz CT molecular complexity index is 7640. The van der Waals surface area contributed by atoms with Gasteiger partial charge < -0.3 is 62.5 Å². The van der Waals surface area contributed by atoms with Gasteiger partial charge in [0.25, 0.3) is 47.3 Å². The molecule has 8 amide bonds. The molecule has 0 radical (unpaired) electrons. The Morgan fingerprint density at radius 1 is 0.312 bits per heavy atom. The number of hydrogen-bond acceptors (Lipinski definition) is 13. The van der Waals surface area contributed by atoms with Crippen molar-refractivity contribution in [1.29, 1.82) is 0 Å². The third-order valence-electron chi connectivity index (χ3n) is 25.8. The lowest BCUT2D eigenvalue weighted by molar-refractivity contribution is -0.0167. The van der Waals surface area contributed by atoms with Gasteiger partial charge in [-0.25, -0.2) is 38.1 Å². The Morgan fingerprint density at radius 3 is 0.936 bits per heavy atom. The molecule has 5 aromatic heterocycles. The predicted octanol–water partition coefficient (Wildman–Crippen LogP) is 23.9. The van der Waals surface area contributed by atoms with E-state index in [-0.39, 0.29) is 76.3 Å². The van der Waals surface area contributed by atoms with Crippen LogP contribution in [0, 0.1) is 41.1 Å². The first kappa shape index (κ1) is 92.8. The minimum Gasteiger partial charge on any atom is -0.349 e. The van der Waals surface area contributed by atoms with Gasteiger partial charge >= 0.3 is 0 Å². The minimum absolute atomic E-state index is 0.00938. The van der Waals surface area contributed by atoms with Gasteiger partial charge in [-0.3, -0.25) is 38.4 Å². The maximum absolute atomic E-state index is 13.3. The molecule has 29 heteroatoms. The lowest BCUT2D eigenvalue weighted by Crippen LogP contribution is -2.59. The van der Waals surface area contributed by atoms with Crippen molar-refractivity contribution in [3.8, 4) is 45.6 Å². The summed E-state index contributed by atoms with van der Waals surface area (Å²) in [5, 5.41) is 23.9. The van der Waals surface area contributed by atoms with E-state index in [0.29, 0.717) is 123 Å². The molecule has 0 aliphatic heterocycles. The van der Waals surface area contributed by atoms with Crippen molar-refractivity contribution in [3.05, 3.63) is 389 Å². The van der Waals surface area contributed by atoms with Gasteiger partial charge in [0.2, 0.25) is 0 Å². The molecular weight excluding hydrogens is 1800 g/mol. The number of benzene rings is 13. The van der Waals surface area contributed by atoms with Crippen LogP contribution in [0.5, 0.6) is 0 Å². The number of halogens is 4. The number of aromatic amines is 4. The Balaban J connectivity index is 0.000000120. The number of rotatable bonds is 20. The molecule has 5 fully saturated rings. The Kier molecular flexibility index (Phi) is 27.2. The highest BCUT2D eigenvalue weighted by Gasteiger charge is 2.51. The number of nitrogens with zero attached hydrogens (tertiary/aromatic N) is 5. The second-order valence-corrected chi connectivity index (χ2v) is 36.4. The zero-order chi connectivity index (χ0) is 97.2. The molecule has 5 heterocycles. The summed E-state index contributed by atoms with van der Waals surface area (Å²) in [4.78, 5) is 137. The van der Waals surface area contributed by atoms with Crippen molar-refractivity contribution in [3.63, 3.8) is 0 Å². The predicted molar refractivity (Wildman–Crippen MR) is 542 cm³/mol. The largest absolute Gasteiger partial charge is 0.349 e. The summed E-state index contributed by atoms with van der Waals surface area (Å²) in [5.74, 6) is 3.53. The van der Waals surface area contributed by atoms with E-state index in [9.17, 15) is 51.5 Å². The molecule has 4 bridgehead atoms. The molecule has 5 aliphatic carbocycles. The highest BCUT2D eigenvalue weighted by Crippen LogP contribution is 2.56. The fourth-order valence-electron chi connectivity index (χ4n) is 18.8. The normalized spacial score (nSPS) is 16.4. The summed E-state index contributed by atoms with van der Waals surface area (Å²) in [6.45, 7) is 2.26. The molecule has 25 nitrogen and oxygen atoms in total. The number of imidazole rings is 4. The molecule has 18 aromatic rings. The molecule has 702 valence electrons. The maximum Gasteiger partial charge on any atom is 0.256 e. The molecule has 12 N–H and O–H groups in total. The molecule has 13 aromatic carbocycles. The molecule has 0 saturated heterocycles. The van der Waals surface area contributed by atoms with Crippen LogP contribution in [0.15, 0.2) is 322 Å². The maximum atomic E-state index is 13.3. The number of amides is 8. The summed E-state index contributed by atoms with van der Waals surface area (Å²) in [5.41, 5.74) is 16.3. The average molecular weight is 1900 g/mol. The standard InChI is InChI=1S/C30H29N5O2.C28H27FN4O2.C27H18ClFN4O2.C27H19FN4O2/c36-28(34-26-3-1-2-10-31-26)22-6-4-21(5-7-22)27-32-24-9-8-23(14-25(24)33-27)29(37)35-30-15-18-11-19(16-30)13-20(12-18)17-30;1-17-2-11-22(12-3-17)30-27(34)19-6-4-18(5-7-19)26-32-24-15-8-20(16-25(24)33-26)28(35)31-23-13-9-21(29)10-14-23;28-19-6-10-21(11-7-19)30-26(34)17-3-1-16(2-4-17)25-32-23-14-5-18(15-24(23)33-25)27(35)31-22-12-8-20(29)9-13-22;28-20-11-13-22(14-12-20)30-27(34)19-10-15-23-24(16-19)32-25(31-23)17-6-8-18(9-7-17)26(33)29-21-4-2-1-3-5-21/h1-10,14,18-20H,11-13,15-17H2,(H,32,33)(H,35,37)(H,31,34,36);4-10,13-17,22H,2-3,11-12H2,1H3,(H,30,34)(H,31,35)(H,32,33);1-15H,(H,30,34)(H,31,35)(H,32,33);1-16H,(H,29,33)(H,30,34)(H,31,32). The van der Waals surface area contributed by atoms with E-state index in [1.807, 2.05) is 103 Å². The third-order valence-corrected chi connectivity index (χ3v) is 26.0.